The van der Waals surface area contributed by atoms with Crippen LogP contribution in [0.15, 0.2) is 28.9 Å². The number of rotatable bonds is 11. The Morgan fingerprint density at radius 2 is 2.09 bits per heavy atom. The van der Waals surface area contributed by atoms with Crippen LogP contribution in [-0.2, 0) is 19.5 Å². The third-order valence-corrected chi connectivity index (χ3v) is 10.2. The highest BCUT2D eigenvalue weighted by Crippen LogP contribution is 2.47. The minimum atomic E-state index is -4.54. The largest absolute Gasteiger partial charge is 0.479 e. The fraction of sp³-hybridized carbons (Fsp3) is 0.517. The molecule has 2 saturated heterocycles. The molecule has 1 amide bonds. The zero-order valence-electron chi connectivity index (χ0n) is 25.1. The Labute approximate surface area is 263 Å². The minimum absolute atomic E-state index is 0.0398. The number of hydrogen-bond acceptors (Lipinski definition) is 8. The average Bonchev–Trinajstić information content (AvgIpc) is 3.32. The van der Waals surface area contributed by atoms with E-state index in [2.05, 4.69) is 39.8 Å². The number of carbonyl (C=O) groups is 1. The number of alkyl halides is 6. The minimum Gasteiger partial charge on any atom is -0.479 e. The smallest absolute Gasteiger partial charge is 0.393 e. The fourth-order valence-electron chi connectivity index (χ4n) is 6.51. The number of halogens is 6. The first kappa shape index (κ1) is 32.1. The Kier molecular flexibility index (Phi) is 8.41. The molecule has 5 heterocycles. The van der Waals surface area contributed by atoms with Crippen molar-refractivity contribution in [1.82, 2.24) is 25.2 Å². The fourth-order valence-corrected chi connectivity index (χ4v) is 7.73. The Morgan fingerprint density at radius 3 is 2.78 bits per heavy atom. The van der Waals surface area contributed by atoms with Crippen LogP contribution in [0.5, 0.6) is 5.88 Å². The summed E-state index contributed by atoms with van der Waals surface area (Å²) in [5.41, 5.74) is 0.389. The topological polar surface area (TPSA) is 107 Å². The van der Waals surface area contributed by atoms with Gasteiger partial charge >= 0.3 is 6.18 Å². The van der Waals surface area contributed by atoms with E-state index in [1.807, 2.05) is 0 Å². The predicted octanol–water partition coefficient (Wildman–Crippen LogP) is 5.59. The summed E-state index contributed by atoms with van der Waals surface area (Å²) in [6, 6.07) is 4.68. The number of nitrogens with zero attached hydrogens (tertiary/aromatic N) is 5. The molecule has 17 heteroatoms. The van der Waals surface area contributed by atoms with E-state index < -0.39 is 43.7 Å². The molecular formula is C29H32F6N7O3S+. The van der Waals surface area contributed by atoms with Crippen molar-refractivity contribution < 1.29 is 44.9 Å². The first-order chi connectivity index (χ1) is 21.8. The van der Waals surface area contributed by atoms with Gasteiger partial charge in [0.1, 0.15) is 18.7 Å². The summed E-state index contributed by atoms with van der Waals surface area (Å²) in [6.07, 6.45) is -6.98. The van der Waals surface area contributed by atoms with E-state index in [4.69, 9.17) is 9.26 Å². The maximum atomic E-state index is 15.5. The summed E-state index contributed by atoms with van der Waals surface area (Å²) < 4.78 is 94.8. The van der Waals surface area contributed by atoms with Gasteiger partial charge in [-0.3, -0.25) is 9.48 Å². The van der Waals surface area contributed by atoms with Crippen LogP contribution in [0.4, 0.5) is 32.0 Å². The molecule has 0 aliphatic carbocycles. The van der Waals surface area contributed by atoms with Crippen LogP contribution in [0.2, 0.25) is 0 Å². The van der Waals surface area contributed by atoms with Gasteiger partial charge < -0.3 is 24.4 Å². The molecule has 0 saturated carbocycles. The van der Waals surface area contributed by atoms with Crippen LogP contribution in [0.25, 0.3) is 20.8 Å². The molecule has 6 rings (SSSR count). The van der Waals surface area contributed by atoms with E-state index in [0.29, 0.717) is 28.2 Å². The van der Waals surface area contributed by atoms with E-state index in [0.717, 1.165) is 39.7 Å². The van der Waals surface area contributed by atoms with Crippen molar-refractivity contribution in [3.8, 4) is 16.6 Å². The van der Waals surface area contributed by atoms with Crippen LogP contribution in [-0.4, -0.2) is 87.9 Å². The third kappa shape index (κ3) is 6.13. The zero-order chi connectivity index (χ0) is 33.0. The van der Waals surface area contributed by atoms with Crippen molar-refractivity contribution in [2.75, 3.05) is 26.0 Å². The number of fused-ring (bicyclic) bond motifs is 2. The van der Waals surface area contributed by atoms with Gasteiger partial charge in [-0.05, 0) is 23.4 Å². The number of quaternary nitrogens is 1. The number of amides is 1. The normalized spacial score (nSPS) is 24.3. The Balaban J connectivity index is 1.25. The standard InChI is InChI=1S/C29H31F6N7O3S/c1-4-14-8-19(23(32)20-13-42(14,20)2)37-18-7-5-6-15-16(9-29(33,34)35)25(46-24(15)18)26-38-22(45-40-26)10-36-27(43)17-11-41(12-21(30)31)39-28(17)44-3/h5-7,11,14,19-21,23,37H,4,8-10,12-13H2,1-3H3/p+1. The van der Waals surface area contributed by atoms with Gasteiger partial charge in [0, 0.05) is 12.6 Å². The van der Waals surface area contributed by atoms with Gasteiger partial charge in [-0.2, -0.15) is 18.2 Å². The second-order valence-electron chi connectivity index (χ2n) is 11.8. The molecule has 2 aliphatic rings. The van der Waals surface area contributed by atoms with E-state index in [-0.39, 0.29) is 46.2 Å². The number of likely N-dealkylation sites (N-methyl/N-ethyl adjacent to an activating group) is 1. The van der Waals surface area contributed by atoms with Crippen molar-refractivity contribution in [2.24, 2.45) is 0 Å². The van der Waals surface area contributed by atoms with Crippen LogP contribution >= 0.6 is 11.3 Å². The molecule has 2 fully saturated rings. The van der Waals surface area contributed by atoms with Crippen molar-refractivity contribution in [1.29, 1.82) is 0 Å². The molecule has 10 nitrogen and oxygen atoms in total. The summed E-state index contributed by atoms with van der Waals surface area (Å²) >= 11 is 1.05. The lowest BCUT2D eigenvalue weighted by Crippen LogP contribution is -2.52. The molecule has 0 spiro atoms. The second-order valence-corrected chi connectivity index (χ2v) is 12.9. The van der Waals surface area contributed by atoms with Crippen LogP contribution in [0.1, 0.15) is 41.6 Å². The van der Waals surface area contributed by atoms with Gasteiger partial charge in [-0.1, -0.05) is 24.2 Å². The highest BCUT2D eigenvalue weighted by molar-refractivity contribution is 7.23. The van der Waals surface area contributed by atoms with E-state index in [1.165, 1.54) is 7.11 Å². The maximum absolute atomic E-state index is 15.5. The second kappa shape index (κ2) is 12.1. The highest BCUT2D eigenvalue weighted by Gasteiger charge is 2.65. The van der Waals surface area contributed by atoms with E-state index in [9.17, 15) is 26.7 Å². The van der Waals surface area contributed by atoms with Crippen LogP contribution < -0.4 is 15.4 Å². The molecule has 2 N–H and O–H groups in total. The first-order valence-electron chi connectivity index (χ1n) is 14.7. The van der Waals surface area contributed by atoms with Gasteiger partial charge in [-0.15, -0.1) is 16.4 Å². The van der Waals surface area contributed by atoms with Gasteiger partial charge in [-0.25, -0.2) is 13.2 Å². The number of carbonyl (C=O) groups excluding carboxylic acids is 1. The number of piperidine rings is 1. The summed E-state index contributed by atoms with van der Waals surface area (Å²) in [7, 11) is 3.30. The number of benzene rings is 1. The molecule has 46 heavy (non-hydrogen) atoms. The number of thiophene rings is 1. The number of ether oxygens (including phenoxy) is 1. The van der Waals surface area contributed by atoms with Gasteiger partial charge in [0.25, 0.3) is 12.3 Å². The number of hydrogen-bond donors (Lipinski definition) is 2. The predicted molar refractivity (Wildman–Crippen MR) is 157 cm³/mol. The van der Waals surface area contributed by atoms with Crippen molar-refractivity contribution in [2.45, 2.75) is 76.2 Å². The third-order valence-electron chi connectivity index (χ3n) is 8.89. The molecule has 5 atom stereocenters. The van der Waals surface area contributed by atoms with Crippen molar-refractivity contribution >= 4 is 33.0 Å². The molecule has 5 unspecified atom stereocenters. The van der Waals surface area contributed by atoms with Gasteiger partial charge in [0.2, 0.25) is 17.6 Å². The molecule has 3 aromatic heterocycles. The molecule has 0 bridgehead atoms. The Hall–Kier alpha value is -3.86. The molecule has 1 aromatic carbocycles. The molecule has 0 radical (unpaired) electrons. The SMILES string of the molecule is CCC1CC(Nc2cccc3c(CC(F)(F)F)c(-c4noc(CNC(=O)c5cn(CC(F)F)nc5OC)n4)sc23)C(F)C2C[N+]12C. The Morgan fingerprint density at radius 1 is 1.30 bits per heavy atom. The van der Waals surface area contributed by atoms with Crippen molar-refractivity contribution in [3.63, 3.8) is 0 Å². The number of nitrogens with one attached hydrogen (secondary N) is 2. The number of methoxy groups -OCH3 is 1. The summed E-state index contributed by atoms with van der Waals surface area (Å²) in [5.74, 6) is -1.10. The van der Waals surface area contributed by atoms with E-state index in [1.54, 1.807) is 18.2 Å². The van der Waals surface area contributed by atoms with Crippen molar-refractivity contribution in [3.05, 3.63) is 41.4 Å². The average molecular weight is 673 g/mol. The summed E-state index contributed by atoms with van der Waals surface area (Å²) in [5, 5.41) is 13.9. The quantitative estimate of drug-likeness (QED) is 0.122. The summed E-state index contributed by atoms with van der Waals surface area (Å²) in [6.45, 7) is 1.81. The highest BCUT2D eigenvalue weighted by atomic mass is 32.1. The zero-order valence-corrected chi connectivity index (χ0v) is 25.9. The lowest BCUT2D eigenvalue weighted by molar-refractivity contribution is -0.828. The summed E-state index contributed by atoms with van der Waals surface area (Å²) in [4.78, 5) is 17.1. The molecule has 248 valence electrons. The first-order valence-corrected chi connectivity index (χ1v) is 15.5. The number of anilines is 1. The number of aromatic nitrogens is 4. The molecule has 2 aliphatic heterocycles. The van der Waals surface area contributed by atoms with Crippen LogP contribution in [0, 0.1) is 0 Å². The lowest BCUT2D eigenvalue weighted by Gasteiger charge is -2.36. The Bertz CT molecular complexity index is 1740. The van der Waals surface area contributed by atoms with E-state index >= 15 is 4.39 Å². The van der Waals surface area contributed by atoms with Gasteiger partial charge in [0.15, 0.2) is 12.2 Å². The molecular weight excluding hydrogens is 640 g/mol. The van der Waals surface area contributed by atoms with Gasteiger partial charge in [0.05, 0.1) is 54.5 Å². The monoisotopic (exact) mass is 672 g/mol. The van der Waals surface area contributed by atoms with Crippen LogP contribution in [0.3, 0.4) is 0 Å². The lowest BCUT2D eigenvalue weighted by atomic mass is 9.93. The molecule has 4 aromatic rings. The maximum Gasteiger partial charge on any atom is 0.393 e.